The molecule has 33 heavy (non-hydrogen) atoms. The number of aliphatic hydroxyl groups is 1. The fraction of sp³-hybridized carbons (Fsp3) is 0.423. The molecule has 2 aromatic rings. The number of hydrogen-bond acceptors (Lipinski definition) is 6. The fourth-order valence-corrected chi connectivity index (χ4v) is 3.91. The van der Waals surface area contributed by atoms with E-state index in [0.717, 1.165) is 22.3 Å². The van der Waals surface area contributed by atoms with E-state index in [9.17, 15) is 14.3 Å². The van der Waals surface area contributed by atoms with Gasteiger partial charge in [0.15, 0.2) is 11.5 Å². The second-order valence-corrected chi connectivity index (χ2v) is 8.27. The molecule has 0 amide bonds. The van der Waals surface area contributed by atoms with Gasteiger partial charge in [0.25, 0.3) is 0 Å². The van der Waals surface area contributed by atoms with E-state index in [2.05, 4.69) is 13.8 Å². The van der Waals surface area contributed by atoms with Crippen LogP contribution in [0.25, 0.3) is 17.2 Å². The Morgan fingerprint density at radius 2 is 1.94 bits per heavy atom. The minimum atomic E-state index is -0.729. The maximum absolute atomic E-state index is 13.7. The summed E-state index contributed by atoms with van der Waals surface area (Å²) in [5.74, 6) is 0.441. The number of cyclic esters (lactones) is 1. The predicted octanol–water partition coefficient (Wildman–Crippen LogP) is 4.73. The monoisotopic (exact) mass is 458 g/mol. The van der Waals surface area contributed by atoms with E-state index >= 15 is 0 Å². The summed E-state index contributed by atoms with van der Waals surface area (Å²) in [6.07, 6.45) is 2.73. The van der Waals surface area contributed by atoms with Gasteiger partial charge in [-0.25, -0.2) is 4.39 Å². The molecule has 6 nitrogen and oxygen atoms in total. The molecule has 1 aliphatic rings. The quantitative estimate of drug-likeness (QED) is 0.433. The lowest BCUT2D eigenvalue weighted by atomic mass is 9.88. The van der Waals surface area contributed by atoms with Gasteiger partial charge in [0.05, 0.1) is 26.2 Å². The van der Waals surface area contributed by atoms with Gasteiger partial charge in [0.1, 0.15) is 18.5 Å². The van der Waals surface area contributed by atoms with Crippen LogP contribution in [0.15, 0.2) is 36.4 Å². The van der Waals surface area contributed by atoms with Crippen molar-refractivity contribution in [1.82, 2.24) is 0 Å². The highest BCUT2D eigenvalue weighted by molar-refractivity contribution is 5.85. The Kier molecular flexibility index (Phi) is 8.47. The molecule has 0 bridgehead atoms. The van der Waals surface area contributed by atoms with Crippen molar-refractivity contribution in [2.75, 3.05) is 27.4 Å². The van der Waals surface area contributed by atoms with Crippen molar-refractivity contribution < 1.29 is 33.2 Å². The van der Waals surface area contributed by atoms with E-state index in [1.165, 1.54) is 12.1 Å². The average molecular weight is 459 g/mol. The summed E-state index contributed by atoms with van der Waals surface area (Å²) in [4.78, 5) is 11.8. The number of benzene rings is 2. The largest absolute Gasteiger partial charge is 0.492 e. The summed E-state index contributed by atoms with van der Waals surface area (Å²) >= 11 is 0. The van der Waals surface area contributed by atoms with Crippen molar-refractivity contribution in [3.63, 3.8) is 0 Å². The van der Waals surface area contributed by atoms with Gasteiger partial charge in [-0.3, -0.25) is 4.79 Å². The molecule has 1 N–H and O–H groups in total. The van der Waals surface area contributed by atoms with Crippen molar-refractivity contribution in [3.8, 4) is 22.6 Å². The van der Waals surface area contributed by atoms with E-state index < -0.39 is 18.2 Å². The molecule has 0 unspecified atom stereocenters. The smallest absolute Gasteiger partial charge is 0.309 e. The zero-order valence-corrected chi connectivity index (χ0v) is 19.5. The van der Waals surface area contributed by atoms with Gasteiger partial charge in [-0.05, 0) is 46.9 Å². The normalized spacial score (nSPS) is 18.6. The lowest BCUT2D eigenvalue weighted by Gasteiger charge is -2.25. The number of hydrogen-bond donors (Lipinski definition) is 1. The van der Waals surface area contributed by atoms with E-state index in [4.69, 9.17) is 18.9 Å². The minimum absolute atomic E-state index is 0.00372. The van der Waals surface area contributed by atoms with Crippen molar-refractivity contribution in [2.45, 2.75) is 44.8 Å². The van der Waals surface area contributed by atoms with Gasteiger partial charge in [-0.15, -0.1) is 0 Å². The second-order valence-electron chi connectivity index (χ2n) is 8.27. The van der Waals surface area contributed by atoms with Gasteiger partial charge >= 0.3 is 5.97 Å². The zero-order valence-electron chi connectivity index (χ0n) is 19.5. The number of esters is 1. The van der Waals surface area contributed by atoms with Crippen LogP contribution in [-0.4, -0.2) is 50.7 Å². The fourth-order valence-electron chi connectivity index (χ4n) is 3.91. The predicted molar refractivity (Wildman–Crippen MR) is 124 cm³/mol. The summed E-state index contributed by atoms with van der Waals surface area (Å²) in [5.41, 5.74) is 3.34. The van der Waals surface area contributed by atoms with Gasteiger partial charge in [-0.1, -0.05) is 32.1 Å². The maximum Gasteiger partial charge on any atom is 0.309 e. The molecule has 0 aromatic heterocycles. The summed E-state index contributed by atoms with van der Waals surface area (Å²) in [6, 6.07) is 8.12. The van der Waals surface area contributed by atoms with Crippen LogP contribution >= 0.6 is 0 Å². The summed E-state index contributed by atoms with van der Waals surface area (Å²) < 4.78 is 35.9. The molecule has 3 rings (SSSR count). The maximum atomic E-state index is 13.7. The van der Waals surface area contributed by atoms with Gasteiger partial charge in [0, 0.05) is 19.1 Å². The summed E-state index contributed by atoms with van der Waals surface area (Å²) in [7, 11) is 3.17. The number of methoxy groups -OCH3 is 2. The lowest BCUT2D eigenvalue weighted by molar-refractivity contribution is -0.156. The molecule has 1 heterocycles. The summed E-state index contributed by atoms with van der Waals surface area (Å²) in [6.45, 7) is 4.90. The highest BCUT2D eigenvalue weighted by Gasteiger charge is 2.26. The molecule has 0 spiro atoms. The second kappa shape index (κ2) is 11.3. The Morgan fingerprint density at radius 3 is 2.55 bits per heavy atom. The first-order chi connectivity index (χ1) is 15.8. The molecule has 178 valence electrons. The topological polar surface area (TPSA) is 74.2 Å². The Labute approximate surface area is 193 Å². The standard InChI is InChI=1S/C26H31FO6/c1-16(2)22-15-23(32-12-11-30-3)26(31-4)25(17-5-7-18(27)8-6-17)21(22)10-9-20-13-19(28)14-24(29)33-20/h5-10,15-16,19-20,28H,11-14H2,1-4H3/b10-9+/t19-,20-/m0/s1. The molecule has 0 radical (unpaired) electrons. The van der Waals surface area contributed by atoms with E-state index in [0.29, 0.717) is 31.1 Å². The zero-order chi connectivity index (χ0) is 24.0. The van der Waals surface area contributed by atoms with Crippen LogP contribution in [0.4, 0.5) is 4.39 Å². The number of carbonyl (C=O) groups is 1. The molecule has 0 saturated carbocycles. The Balaban J connectivity index is 2.16. The molecule has 7 heteroatoms. The molecule has 2 aromatic carbocycles. The number of ether oxygens (including phenoxy) is 4. The molecule has 2 atom stereocenters. The molecule has 1 aliphatic heterocycles. The van der Waals surface area contributed by atoms with Gasteiger partial charge in [0.2, 0.25) is 0 Å². The third-order valence-electron chi connectivity index (χ3n) is 5.49. The van der Waals surface area contributed by atoms with Crippen molar-refractivity contribution in [1.29, 1.82) is 0 Å². The van der Waals surface area contributed by atoms with Gasteiger partial charge < -0.3 is 24.1 Å². The molecule has 0 aliphatic carbocycles. The van der Waals surface area contributed by atoms with E-state index in [-0.39, 0.29) is 18.2 Å². The first-order valence-corrected chi connectivity index (χ1v) is 11.0. The van der Waals surface area contributed by atoms with Crippen LogP contribution in [0, 0.1) is 5.82 Å². The Bertz CT molecular complexity index is 983. The van der Waals surface area contributed by atoms with Crippen LogP contribution in [0.2, 0.25) is 0 Å². The van der Waals surface area contributed by atoms with Crippen molar-refractivity contribution in [3.05, 3.63) is 53.4 Å². The van der Waals surface area contributed by atoms with E-state index in [1.807, 2.05) is 12.1 Å². The third kappa shape index (κ3) is 6.12. The minimum Gasteiger partial charge on any atom is -0.492 e. The molecule has 1 fully saturated rings. The average Bonchev–Trinajstić information content (AvgIpc) is 2.77. The SMILES string of the molecule is COCCOc1cc(C(C)C)c(/C=C/[C@H]2C[C@H](O)CC(=O)O2)c(-c2ccc(F)cc2)c1OC. The lowest BCUT2D eigenvalue weighted by Crippen LogP contribution is -2.31. The number of rotatable bonds is 9. The van der Waals surface area contributed by atoms with Gasteiger partial charge in [-0.2, -0.15) is 0 Å². The third-order valence-corrected chi connectivity index (χ3v) is 5.49. The molecular weight excluding hydrogens is 427 g/mol. The molecule has 1 saturated heterocycles. The highest BCUT2D eigenvalue weighted by Crippen LogP contribution is 2.45. The van der Waals surface area contributed by atoms with Crippen LogP contribution in [0.5, 0.6) is 11.5 Å². The van der Waals surface area contributed by atoms with Crippen LogP contribution in [0.3, 0.4) is 0 Å². The highest BCUT2D eigenvalue weighted by atomic mass is 19.1. The Hall–Kier alpha value is -2.90. The van der Waals surface area contributed by atoms with Crippen molar-refractivity contribution in [2.24, 2.45) is 0 Å². The number of aliphatic hydroxyl groups excluding tert-OH is 1. The molecular formula is C26H31FO6. The first kappa shape index (κ1) is 24.7. The van der Waals surface area contributed by atoms with E-state index in [1.54, 1.807) is 32.4 Å². The van der Waals surface area contributed by atoms with Crippen molar-refractivity contribution >= 4 is 12.0 Å². The van der Waals surface area contributed by atoms with Crippen LogP contribution in [0.1, 0.15) is 43.7 Å². The van der Waals surface area contributed by atoms with Crippen LogP contribution in [-0.2, 0) is 14.3 Å². The summed E-state index contributed by atoms with van der Waals surface area (Å²) in [5, 5.41) is 9.95. The first-order valence-electron chi connectivity index (χ1n) is 11.0. The number of carbonyl (C=O) groups excluding carboxylic acids is 1. The van der Waals surface area contributed by atoms with Crippen LogP contribution < -0.4 is 9.47 Å². The Morgan fingerprint density at radius 1 is 1.21 bits per heavy atom. The number of halogens is 1.